The lowest BCUT2D eigenvalue weighted by atomic mass is 9.70. The number of unbranched alkanes of at least 4 members (excludes halogenated alkanes) is 6. The lowest BCUT2D eigenvalue weighted by molar-refractivity contribution is 0.401. The fourth-order valence-corrected chi connectivity index (χ4v) is 7.97. The van der Waals surface area contributed by atoms with Gasteiger partial charge in [0.1, 0.15) is 0 Å². The van der Waals surface area contributed by atoms with E-state index in [0.29, 0.717) is 0 Å². The number of hydrogen-bond acceptors (Lipinski definition) is 1. The van der Waals surface area contributed by atoms with Crippen LogP contribution in [0.5, 0.6) is 0 Å². The Morgan fingerprint density at radius 3 is 1.54 bits per heavy atom. The second-order valence-corrected chi connectivity index (χ2v) is 14.5. The molecule has 0 heterocycles. The molecule has 48 heavy (non-hydrogen) atoms. The molecule has 0 saturated heterocycles. The van der Waals surface area contributed by atoms with E-state index >= 15 is 0 Å². The Morgan fingerprint density at radius 2 is 0.938 bits per heavy atom. The standard InChI is InChI=1S/C47H55N/c1-7-9-11-13-29-47(30-14-12-10-8-2)45-31-35(4)17-27-43(45)44-28-26-42(33-46(44)47)48(41-23-18-36(5)37(6)32-41)40-24-21-39(22-25-40)38-19-15-34(3)16-20-38/h15-28,31-33H,7-14,29-30H2,1-6H3. The first kappa shape index (κ1) is 33.8. The van der Waals surface area contributed by atoms with E-state index in [0.717, 1.165) is 0 Å². The van der Waals surface area contributed by atoms with Crippen molar-refractivity contribution in [3.05, 3.63) is 137 Å². The van der Waals surface area contributed by atoms with Crippen molar-refractivity contribution in [1.82, 2.24) is 0 Å². The Hall–Kier alpha value is -4.10. The van der Waals surface area contributed by atoms with Crippen LogP contribution in [-0.4, -0.2) is 0 Å². The number of fused-ring (bicyclic) bond motifs is 3. The summed E-state index contributed by atoms with van der Waals surface area (Å²) >= 11 is 0. The van der Waals surface area contributed by atoms with Crippen molar-refractivity contribution in [2.24, 2.45) is 0 Å². The molecular formula is C47H55N. The van der Waals surface area contributed by atoms with Gasteiger partial charge in [0.25, 0.3) is 0 Å². The van der Waals surface area contributed by atoms with Crippen LogP contribution in [0.1, 0.15) is 111 Å². The maximum atomic E-state index is 2.58. The van der Waals surface area contributed by atoms with E-state index in [9.17, 15) is 0 Å². The van der Waals surface area contributed by atoms with E-state index in [2.05, 4.69) is 150 Å². The molecule has 0 saturated carbocycles. The molecular weight excluding hydrogens is 579 g/mol. The summed E-state index contributed by atoms with van der Waals surface area (Å²) in [6.07, 6.45) is 12.8. The fourth-order valence-electron chi connectivity index (χ4n) is 7.97. The zero-order chi connectivity index (χ0) is 33.7. The van der Waals surface area contributed by atoms with Crippen LogP contribution >= 0.6 is 0 Å². The van der Waals surface area contributed by atoms with Crippen LogP contribution < -0.4 is 4.90 Å². The minimum Gasteiger partial charge on any atom is -0.310 e. The van der Waals surface area contributed by atoms with Crippen molar-refractivity contribution in [2.75, 3.05) is 4.90 Å². The van der Waals surface area contributed by atoms with E-state index in [-0.39, 0.29) is 5.41 Å². The predicted molar refractivity (Wildman–Crippen MR) is 209 cm³/mol. The number of nitrogens with zero attached hydrogens (tertiary/aromatic N) is 1. The molecule has 0 radical (unpaired) electrons. The third-order valence-corrected chi connectivity index (χ3v) is 10.9. The van der Waals surface area contributed by atoms with Crippen LogP contribution in [0.2, 0.25) is 0 Å². The Labute approximate surface area is 291 Å². The summed E-state index contributed by atoms with van der Waals surface area (Å²) in [7, 11) is 0. The molecule has 0 fully saturated rings. The van der Waals surface area contributed by atoms with Gasteiger partial charge in [0, 0.05) is 22.5 Å². The van der Waals surface area contributed by atoms with Gasteiger partial charge in [-0.1, -0.05) is 143 Å². The zero-order valence-corrected chi connectivity index (χ0v) is 30.3. The van der Waals surface area contributed by atoms with Crippen LogP contribution in [0.4, 0.5) is 17.1 Å². The Kier molecular flexibility index (Phi) is 10.5. The van der Waals surface area contributed by atoms with Gasteiger partial charge in [-0.2, -0.15) is 0 Å². The minimum atomic E-state index is 0.0539. The first-order valence-corrected chi connectivity index (χ1v) is 18.6. The van der Waals surface area contributed by atoms with E-state index in [1.54, 1.807) is 11.1 Å². The van der Waals surface area contributed by atoms with Crippen molar-refractivity contribution in [2.45, 2.75) is 111 Å². The van der Waals surface area contributed by atoms with Gasteiger partial charge in [0.15, 0.2) is 0 Å². The summed E-state index contributed by atoms with van der Waals surface area (Å²) in [5, 5.41) is 0. The van der Waals surface area contributed by atoms with Gasteiger partial charge in [0.05, 0.1) is 0 Å². The highest BCUT2D eigenvalue weighted by molar-refractivity contribution is 5.86. The fraction of sp³-hybridized carbons (Fsp3) is 0.362. The molecule has 6 rings (SSSR count). The highest BCUT2D eigenvalue weighted by atomic mass is 15.1. The minimum absolute atomic E-state index is 0.0539. The monoisotopic (exact) mass is 633 g/mol. The van der Waals surface area contributed by atoms with Crippen molar-refractivity contribution in [3.8, 4) is 22.3 Å². The van der Waals surface area contributed by atoms with Crippen LogP contribution in [0.15, 0.2) is 103 Å². The van der Waals surface area contributed by atoms with Gasteiger partial charge in [-0.3, -0.25) is 0 Å². The third-order valence-electron chi connectivity index (χ3n) is 10.9. The van der Waals surface area contributed by atoms with Crippen molar-refractivity contribution in [3.63, 3.8) is 0 Å². The van der Waals surface area contributed by atoms with Crippen LogP contribution in [0.3, 0.4) is 0 Å². The first-order chi connectivity index (χ1) is 23.3. The highest BCUT2D eigenvalue weighted by Crippen LogP contribution is 2.56. The van der Waals surface area contributed by atoms with Gasteiger partial charge in [0.2, 0.25) is 0 Å². The first-order valence-electron chi connectivity index (χ1n) is 18.6. The summed E-state index contributed by atoms with van der Waals surface area (Å²) in [6.45, 7) is 13.5. The molecule has 5 aromatic rings. The normalized spacial score (nSPS) is 13.0. The molecule has 0 amide bonds. The van der Waals surface area contributed by atoms with Gasteiger partial charge >= 0.3 is 0 Å². The molecule has 248 valence electrons. The van der Waals surface area contributed by atoms with Gasteiger partial charge in [-0.25, -0.2) is 0 Å². The molecule has 0 unspecified atom stereocenters. The molecule has 1 heteroatoms. The van der Waals surface area contributed by atoms with Crippen LogP contribution in [-0.2, 0) is 5.41 Å². The molecule has 1 aliphatic rings. The van der Waals surface area contributed by atoms with E-state index < -0.39 is 0 Å². The summed E-state index contributed by atoms with van der Waals surface area (Å²) < 4.78 is 0. The number of aryl methyl sites for hydroxylation is 4. The lowest BCUT2D eigenvalue weighted by Gasteiger charge is -2.34. The second-order valence-electron chi connectivity index (χ2n) is 14.5. The number of hydrogen-bond donors (Lipinski definition) is 0. The van der Waals surface area contributed by atoms with Gasteiger partial charge in [-0.05, 0) is 121 Å². The van der Waals surface area contributed by atoms with Gasteiger partial charge in [-0.15, -0.1) is 0 Å². The highest BCUT2D eigenvalue weighted by Gasteiger charge is 2.42. The van der Waals surface area contributed by atoms with Crippen LogP contribution in [0.25, 0.3) is 22.3 Å². The van der Waals surface area contributed by atoms with Crippen molar-refractivity contribution in [1.29, 1.82) is 0 Å². The van der Waals surface area contributed by atoms with Crippen molar-refractivity contribution < 1.29 is 0 Å². The van der Waals surface area contributed by atoms with E-state index in [1.165, 1.54) is 126 Å². The Bertz CT molecular complexity index is 1810. The molecule has 0 aromatic heterocycles. The van der Waals surface area contributed by atoms with E-state index in [4.69, 9.17) is 0 Å². The van der Waals surface area contributed by atoms with Gasteiger partial charge < -0.3 is 4.90 Å². The quantitative estimate of drug-likeness (QED) is 0.110. The summed E-state index contributed by atoms with van der Waals surface area (Å²) in [4.78, 5) is 2.48. The average molecular weight is 634 g/mol. The molecule has 0 bridgehead atoms. The molecule has 0 aliphatic heterocycles. The predicted octanol–water partition coefficient (Wildman–Crippen LogP) is 14.3. The lowest BCUT2D eigenvalue weighted by Crippen LogP contribution is -2.26. The van der Waals surface area contributed by atoms with Crippen molar-refractivity contribution >= 4 is 17.1 Å². The SMILES string of the molecule is CCCCCCC1(CCCCCC)c2cc(C)ccc2-c2ccc(N(c3ccc(-c4ccc(C)cc4)cc3)c3ccc(C)c(C)c3)cc21. The maximum absolute atomic E-state index is 2.58. The molecule has 5 aromatic carbocycles. The number of rotatable bonds is 14. The topological polar surface area (TPSA) is 3.24 Å². The molecule has 0 spiro atoms. The van der Waals surface area contributed by atoms with Crippen LogP contribution in [0, 0.1) is 27.7 Å². The second kappa shape index (κ2) is 15.0. The molecule has 0 N–H and O–H groups in total. The third kappa shape index (κ3) is 6.88. The smallest absolute Gasteiger partial charge is 0.0465 e. The summed E-state index contributed by atoms with van der Waals surface area (Å²) in [6, 6.07) is 39.6. The molecule has 1 aliphatic carbocycles. The number of benzene rings is 5. The Morgan fingerprint density at radius 1 is 0.438 bits per heavy atom. The summed E-state index contributed by atoms with van der Waals surface area (Å²) in [5.74, 6) is 0. The largest absolute Gasteiger partial charge is 0.310 e. The Balaban J connectivity index is 1.49. The molecule has 1 nitrogen and oxygen atoms in total. The maximum Gasteiger partial charge on any atom is 0.0465 e. The average Bonchev–Trinajstić information content (AvgIpc) is 3.35. The number of anilines is 3. The molecule has 0 atom stereocenters. The zero-order valence-electron chi connectivity index (χ0n) is 30.3. The summed E-state index contributed by atoms with van der Waals surface area (Å²) in [5.41, 5.74) is 17.5. The van der Waals surface area contributed by atoms with E-state index in [1.807, 2.05) is 0 Å².